The van der Waals surface area contributed by atoms with Crippen molar-refractivity contribution in [1.29, 1.82) is 0 Å². The fourth-order valence-electron chi connectivity index (χ4n) is 3.58. The average molecular weight is 290 g/mol. The maximum atomic E-state index is 9.59. The van der Waals surface area contributed by atoms with E-state index in [-0.39, 0.29) is 6.61 Å². The summed E-state index contributed by atoms with van der Waals surface area (Å²) in [4.78, 5) is 0. The third-order valence-corrected chi connectivity index (χ3v) is 5.13. The van der Waals surface area contributed by atoms with Crippen molar-refractivity contribution in [3.8, 4) is 0 Å². The Hall–Kier alpha value is -0.820. The maximum absolute atomic E-state index is 9.59. The first-order valence-electron chi connectivity index (χ1n) is 8.36. The van der Waals surface area contributed by atoms with Crippen LogP contribution < -0.4 is 0 Å². The van der Waals surface area contributed by atoms with Crippen molar-refractivity contribution in [3.63, 3.8) is 0 Å². The monoisotopic (exact) mass is 290 g/mol. The summed E-state index contributed by atoms with van der Waals surface area (Å²) in [6.45, 7) is 15.7. The van der Waals surface area contributed by atoms with E-state index in [0.29, 0.717) is 17.3 Å². The normalized spacial score (nSPS) is 29.1. The van der Waals surface area contributed by atoms with Gasteiger partial charge in [-0.2, -0.15) is 0 Å². The van der Waals surface area contributed by atoms with Crippen LogP contribution in [0.4, 0.5) is 0 Å². The Bertz CT molecular complexity index is 408. The van der Waals surface area contributed by atoms with E-state index in [2.05, 4.69) is 53.3 Å². The van der Waals surface area contributed by atoms with Crippen LogP contribution in [0.2, 0.25) is 0 Å². The summed E-state index contributed by atoms with van der Waals surface area (Å²) in [5.41, 5.74) is 4.38. The van der Waals surface area contributed by atoms with E-state index < -0.39 is 0 Å². The van der Waals surface area contributed by atoms with Crippen molar-refractivity contribution in [2.45, 2.75) is 66.7 Å². The van der Waals surface area contributed by atoms with Gasteiger partial charge in [0.05, 0.1) is 0 Å². The largest absolute Gasteiger partial charge is 0.396 e. The van der Waals surface area contributed by atoms with Crippen LogP contribution >= 0.6 is 0 Å². The average Bonchev–Trinajstić information content (AvgIpc) is 2.38. The Morgan fingerprint density at radius 3 is 2.38 bits per heavy atom. The van der Waals surface area contributed by atoms with Crippen molar-refractivity contribution in [2.24, 2.45) is 17.3 Å². The molecule has 0 amide bonds. The van der Waals surface area contributed by atoms with Gasteiger partial charge >= 0.3 is 0 Å². The highest BCUT2D eigenvalue weighted by molar-refractivity contribution is 5.17. The number of aliphatic hydroxyl groups is 1. The molecule has 1 fully saturated rings. The molecule has 1 aliphatic rings. The highest BCUT2D eigenvalue weighted by Gasteiger charge is 2.40. The summed E-state index contributed by atoms with van der Waals surface area (Å²) in [6, 6.07) is 0. The fourth-order valence-corrected chi connectivity index (χ4v) is 3.58. The predicted octanol–water partition coefficient (Wildman–Crippen LogP) is 5.67. The summed E-state index contributed by atoms with van der Waals surface area (Å²) >= 11 is 0. The molecule has 0 aromatic carbocycles. The lowest BCUT2D eigenvalue weighted by atomic mass is 9.59. The molecule has 0 radical (unpaired) electrons. The standard InChI is InChI=1S/C20H34O/c1-15(2)8-7-12-20(6)13-11-18(14-21)17(5)19(20)10-9-16(3)4/h8-9,18-19,21H,5,7,10-14H2,1-4,6H3. The number of hydrogen-bond acceptors (Lipinski definition) is 1. The zero-order valence-electron chi connectivity index (χ0n) is 14.7. The van der Waals surface area contributed by atoms with Gasteiger partial charge in [0.1, 0.15) is 0 Å². The third kappa shape index (κ3) is 5.14. The van der Waals surface area contributed by atoms with Gasteiger partial charge in [0, 0.05) is 12.5 Å². The van der Waals surface area contributed by atoms with Crippen LogP contribution in [0.5, 0.6) is 0 Å². The first-order chi connectivity index (χ1) is 9.80. The van der Waals surface area contributed by atoms with Crippen LogP contribution in [0.3, 0.4) is 0 Å². The van der Waals surface area contributed by atoms with Gasteiger partial charge < -0.3 is 5.11 Å². The second-order valence-corrected chi connectivity index (χ2v) is 7.54. The number of rotatable bonds is 6. The van der Waals surface area contributed by atoms with Gasteiger partial charge in [-0.3, -0.25) is 0 Å². The number of allylic oxidation sites excluding steroid dienone is 4. The topological polar surface area (TPSA) is 20.2 Å². The highest BCUT2D eigenvalue weighted by Crippen LogP contribution is 2.50. The van der Waals surface area contributed by atoms with Crippen molar-refractivity contribution in [1.82, 2.24) is 0 Å². The first kappa shape index (κ1) is 18.2. The number of hydrogen-bond donors (Lipinski definition) is 1. The lowest BCUT2D eigenvalue weighted by Gasteiger charge is -2.46. The molecular weight excluding hydrogens is 256 g/mol. The van der Waals surface area contributed by atoms with Crippen molar-refractivity contribution >= 4 is 0 Å². The van der Waals surface area contributed by atoms with Crippen molar-refractivity contribution in [2.75, 3.05) is 6.61 Å². The Labute approximate surface area is 131 Å². The summed E-state index contributed by atoms with van der Waals surface area (Å²) in [7, 11) is 0. The molecule has 1 heteroatoms. The summed E-state index contributed by atoms with van der Waals surface area (Å²) in [6.07, 6.45) is 10.4. The zero-order valence-corrected chi connectivity index (χ0v) is 14.7. The van der Waals surface area contributed by atoms with E-state index >= 15 is 0 Å². The van der Waals surface area contributed by atoms with E-state index in [1.165, 1.54) is 29.6 Å². The van der Waals surface area contributed by atoms with Gasteiger partial charge in [-0.25, -0.2) is 0 Å². The molecule has 3 unspecified atom stereocenters. The van der Waals surface area contributed by atoms with Crippen LogP contribution in [-0.4, -0.2) is 11.7 Å². The summed E-state index contributed by atoms with van der Waals surface area (Å²) in [5, 5.41) is 9.59. The lowest BCUT2D eigenvalue weighted by molar-refractivity contribution is 0.102. The Morgan fingerprint density at radius 1 is 1.24 bits per heavy atom. The molecule has 0 heterocycles. The molecule has 0 aromatic heterocycles. The number of aliphatic hydroxyl groups excluding tert-OH is 1. The van der Waals surface area contributed by atoms with Gasteiger partial charge in [-0.15, -0.1) is 0 Å². The van der Waals surface area contributed by atoms with Crippen LogP contribution in [0.25, 0.3) is 0 Å². The van der Waals surface area contributed by atoms with E-state index in [1.807, 2.05) is 0 Å². The molecule has 1 nitrogen and oxygen atoms in total. The van der Waals surface area contributed by atoms with Crippen LogP contribution in [-0.2, 0) is 0 Å². The molecule has 21 heavy (non-hydrogen) atoms. The third-order valence-electron chi connectivity index (χ3n) is 5.13. The molecule has 0 bridgehead atoms. The minimum Gasteiger partial charge on any atom is -0.396 e. The predicted molar refractivity (Wildman–Crippen MR) is 93.3 cm³/mol. The molecule has 1 N–H and O–H groups in total. The second kappa shape index (κ2) is 7.98. The lowest BCUT2D eigenvalue weighted by Crippen LogP contribution is -2.37. The van der Waals surface area contributed by atoms with E-state index in [4.69, 9.17) is 0 Å². The molecule has 3 atom stereocenters. The van der Waals surface area contributed by atoms with Crippen molar-refractivity contribution < 1.29 is 5.11 Å². The second-order valence-electron chi connectivity index (χ2n) is 7.54. The Balaban J connectivity index is 2.89. The molecule has 120 valence electrons. The molecule has 0 aliphatic heterocycles. The fraction of sp³-hybridized carbons (Fsp3) is 0.700. The zero-order chi connectivity index (χ0) is 16.0. The first-order valence-corrected chi connectivity index (χ1v) is 8.36. The smallest absolute Gasteiger partial charge is 0.0496 e. The van der Waals surface area contributed by atoms with E-state index in [9.17, 15) is 5.11 Å². The van der Waals surface area contributed by atoms with E-state index in [0.717, 1.165) is 19.3 Å². The minimum atomic E-state index is 0.258. The van der Waals surface area contributed by atoms with Crippen LogP contribution in [0, 0.1) is 17.3 Å². The maximum Gasteiger partial charge on any atom is 0.0496 e. The molecule has 1 saturated carbocycles. The SMILES string of the molecule is C=C1C(CO)CCC(C)(CCC=C(C)C)C1CC=C(C)C. The molecule has 0 spiro atoms. The Morgan fingerprint density at radius 2 is 1.86 bits per heavy atom. The minimum absolute atomic E-state index is 0.258. The van der Waals surface area contributed by atoms with E-state index in [1.54, 1.807) is 0 Å². The van der Waals surface area contributed by atoms with Gasteiger partial charge in [0.15, 0.2) is 0 Å². The van der Waals surface area contributed by atoms with Crippen molar-refractivity contribution in [3.05, 3.63) is 35.5 Å². The molecule has 1 rings (SSSR count). The van der Waals surface area contributed by atoms with Gasteiger partial charge in [0.25, 0.3) is 0 Å². The van der Waals surface area contributed by atoms with Crippen LogP contribution in [0.15, 0.2) is 35.5 Å². The van der Waals surface area contributed by atoms with Gasteiger partial charge in [-0.05, 0) is 71.1 Å². The summed E-state index contributed by atoms with van der Waals surface area (Å²) in [5.74, 6) is 0.806. The quantitative estimate of drug-likeness (QED) is 0.625. The highest BCUT2D eigenvalue weighted by atomic mass is 16.3. The molecule has 0 saturated heterocycles. The summed E-state index contributed by atoms with van der Waals surface area (Å²) < 4.78 is 0. The van der Waals surface area contributed by atoms with Crippen LogP contribution in [0.1, 0.15) is 66.7 Å². The van der Waals surface area contributed by atoms with Gasteiger partial charge in [0.2, 0.25) is 0 Å². The van der Waals surface area contributed by atoms with Gasteiger partial charge in [-0.1, -0.05) is 42.4 Å². The molecular formula is C20H34O. The Kier molecular flexibility index (Phi) is 6.93. The molecule has 0 aromatic rings. The molecule has 1 aliphatic carbocycles.